The van der Waals surface area contributed by atoms with Crippen LogP contribution in [0.1, 0.15) is 28.0 Å². The number of pyridine rings is 1. The summed E-state index contributed by atoms with van der Waals surface area (Å²) in [6.07, 6.45) is 2.48. The van der Waals surface area contributed by atoms with E-state index in [4.69, 9.17) is 16.6 Å². The smallest absolute Gasteiger partial charge is 0.252 e. The van der Waals surface area contributed by atoms with Crippen LogP contribution in [0.3, 0.4) is 0 Å². The van der Waals surface area contributed by atoms with E-state index >= 15 is 0 Å². The van der Waals surface area contributed by atoms with Crippen LogP contribution in [0, 0.1) is 0 Å². The lowest BCUT2D eigenvalue weighted by Gasteiger charge is -2.17. The lowest BCUT2D eigenvalue weighted by Crippen LogP contribution is -2.26. The Morgan fingerprint density at radius 1 is 1.02 bits per heavy atom. The van der Waals surface area contributed by atoms with Crippen LogP contribution in [0.25, 0.3) is 27.2 Å². The van der Waals surface area contributed by atoms with Crippen molar-refractivity contribution in [1.29, 1.82) is 0 Å². The predicted molar refractivity (Wildman–Crippen MR) is 161 cm³/mol. The fraction of sp³-hybridized carbons (Fsp3) is 0.241. The molecule has 0 spiro atoms. The number of para-hydroxylation sites is 2. The van der Waals surface area contributed by atoms with E-state index in [0.29, 0.717) is 41.6 Å². The molecule has 1 N–H and O–H groups in total. The summed E-state index contributed by atoms with van der Waals surface area (Å²) in [5.74, 6) is 0.186. The molecule has 1 amide bonds. The minimum atomic E-state index is -2.97. The molecule has 3 aromatic heterocycles. The Morgan fingerprint density at radius 2 is 1.85 bits per heavy atom. The molecule has 41 heavy (non-hydrogen) atoms. The van der Waals surface area contributed by atoms with Gasteiger partial charge in [0.2, 0.25) is 0 Å². The number of hydrogen-bond donors (Lipinski definition) is 1. The number of nitrogens with zero attached hydrogens (tertiary/aromatic N) is 5. The number of sulfone groups is 1. The summed E-state index contributed by atoms with van der Waals surface area (Å²) >= 11 is 7.58. The first kappa shape index (κ1) is 27.5. The Hall–Kier alpha value is -3.64. The van der Waals surface area contributed by atoms with Gasteiger partial charge in [-0.2, -0.15) is 0 Å². The van der Waals surface area contributed by atoms with E-state index in [1.807, 2.05) is 72.9 Å². The Morgan fingerprint density at radius 3 is 2.71 bits per heavy atom. The van der Waals surface area contributed by atoms with Gasteiger partial charge in [0, 0.05) is 25.0 Å². The van der Waals surface area contributed by atoms with Crippen molar-refractivity contribution >= 4 is 49.6 Å². The van der Waals surface area contributed by atoms with Gasteiger partial charge >= 0.3 is 0 Å². The normalized spacial score (nSPS) is 15.5. The summed E-state index contributed by atoms with van der Waals surface area (Å²) in [6, 6.07) is 20.8. The number of halogens is 1. The highest BCUT2D eigenvalue weighted by atomic mass is 35.5. The Bertz CT molecular complexity index is 1840. The third kappa shape index (κ3) is 6.33. The number of fused-ring (bicyclic) bond motifs is 1. The molecule has 1 aliphatic rings. The van der Waals surface area contributed by atoms with E-state index in [0.717, 1.165) is 32.7 Å². The van der Waals surface area contributed by atoms with E-state index in [1.165, 1.54) is 11.3 Å². The first-order valence-corrected chi connectivity index (χ1v) is 16.2. The van der Waals surface area contributed by atoms with Crippen LogP contribution in [-0.4, -0.2) is 63.8 Å². The Labute approximate surface area is 246 Å². The molecule has 1 aliphatic heterocycles. The predicted octanol–water partition coefficient (Wildman–Crippen LogP) is 4.75. The number of hydrogen-bond acceptors (Lipinski definition) is 8. The summed E-state index contributed by atoms with van der Waals surface area (Å²) in [5.41, 5.74) is 4.41. The second-order valence-corrected chi connectivity index (χ2v) is 13.9. The molecule has 0 unspecified atom stereocenters. The highest BCUT2D eigenvalue weighted by Gasteiger charge is 2.20. The average Bonchev–Trinajstić information content (AvgIpc) is 3.59. The maximum absolute atomic E-state index is 13.5. The Balaban J connectivity index is 1.20. The molecule has 210 valence electrons. The molecule has 2 aromatic carbocycles. The lowest BCUT2D eigenvalue weighted by atomic mass is 10.1. The number of nitrogens with one attached hydrogen (secondary N) is 1. The number of aromatic nitrogens is 4. The first-order chi connectivity index (χ1) is 19.8. The van der Waals surface area contributed by atoms with Crippen molar-refractivity contribution in [3.63, 3.8) is 0 Å². The van der Waals surface area contributed by atoms with Crippen molar-refractivity contribution in [2.24, 2.45) is 0 Å². The zero-order valence-electron chi connectivity index (χ0n) is 22.0. The summed E-state index contributed by atoms with van der Waals surface area (Å²) < 4.78 is 26.3. The van der Waals surface area contributed by atoms with Crippen molar-refractivity contribution in [3.05, 3.63) is 94.1 Å². The van der Waals surface area contributed by atoms with Crippen LogP contribution in [0.2, 0.25) is 4.34 Å². The van der Waals surface area contributed by atoms with Crippen LogP contribution in [0.15, 0.2) is 72.9 Å². The zero-order valence-corrected chi connectivity index (χ0v) is 24.4. The molecule has 12 heteroatoms. The van der Waals surface area contributed by atoms with Gasteiger partial charge in [0.05, 0.1) is 55.1 Å². The topological polar surface area (TPSA) is 110 Å². The van der Waals surface area contributed by atoms with Gasteiger partial charge in [-0.05, 0) is 48.9 Å². The highest BCUT2D eigenvalue weighted by molar-refractivity contribution is 7.91. The van der Waals surface area contributed by atoms with Crippen LogP contribution >= 0.6 is 22.9 Å². The van der Waals surface area contributed by atoms with E-state index in [-0.39, 0.29) is 24.0 Å². The van der Waals surface area contributed by atoms with Gasteiger partial charge in [-0.15, -0.1) is 16.4 Å². The quantitative estimate of drug-likeness (QED) is 0.285. The monoisotopic (exact) mass is 606 g/mol. The number of carbonyl (C=O) groups excluding carboxylic acids is 1. The molecule has 9 nitrogen and oxygen atoms in total. The molecular weight excluding hydrogens is 580 g/mol. The average molecular weight is 607 g/mol. The highest BCUT2D eigenvalue weighted by Crippen LogP contribution is 2.32. The molecule has 0 radical (unpaired) electrons. The van der Waals surface area contributed by atoms with Crippen LogP contribution in [0.5, 0.6) is 0 Å². The minimum absolute atomic E-state index is 0.166. The molecule has 0 aliphatic carbocycles. The van der Waals surface area contributed by atoms with E-state index in [1.54, 1.807) is 4.68 Å². The van der Waals surface area contributed by atoms with Gasteiger partial charge < -0.3 is 5.32 Å². The number of carbonyl (C=O) groups is 1. The summed E-state index contributed by atoms with van der Waals surface area (Å²) in [5, 5.41) is 12.5. The molecular formula is C29H27ClN6O3S2. The molecule has 6 rings (SSSR count). The van der Waals surface area contributed by atoms with Gasteiger partial charge in [0.25, 0.3) is 5.91 Å². The van der Waals surface area contributed by atoms with Gasteiger partial charge in [0.15, 0.2) is 9.84 Å². The maximum Gasteiger partial charge on any atom is 0.252 e. The fourth-order valence-electron chi connectivity index (χ4n) is 4.96. The second kappa shape index (κ2) is 11.7. The standard InChI is InChI=1S/C29H27ClN6O3S2/c30-28-11-10-27(40-28)25-16-23(22-7-2-3-8-24(22)32-25)29(37)31-17-20-6-1-4-9-26(20)36-19-21(33-34-36)18-35-12-5-14-41(38,39)15-13-35/h1-4,6-11,16,19H,5,12-15,17-18H2,(H,31,37). The van der Waals surface area contributed by atoms with E-state index in [2.05, 4.69) is 20.5 Å². The summed E-state index contributed by atoms with van der Waals surface area (Å²) in [7, 11) is -2.97. The maximum atomic E-state index is 13.5. The van der Waals surface area contributed by atoms with Crippen molar-refractivity contribution in [2.45, 2.75) is 19.5 Å². The van der Waals surface area contributed by atoms with Crippen molar-refractivity contribution in [2.75, 3.05) is 24.6 Å². The van der Waals surface area contributed by atoms with E-state index < -0.39 is 9.84 Å². The third-order valence-corrected chi connectivity index (χ3v) is 10.0. The SMILES string of the molecule is O=C(NCc1ccccc1-n1cc(CN2CCCS(=O)(=O)CC2)nn1)c1cc(-c2ccc(Cl)s2)nc2ccccc12. The van der Waals surface area contributed by atoms with Crippen LogP contribution in [0.4, 0.5) is 0 Å². The van der Waals surface area contributed by atoms with Gasteiger partial charge in [-0.1, -0.05) is 53.2 Å². The summed E-state index contributed by atoms with van der Waals surface area (Å²) in [6.45, 7) is 2.01. The lowest BCUT2D eigenvalue weighted by molar-refractivity contribution is 0.0952. The molecule has 1 saturated heterocycles. The van der Waals surface area contributed by atoms with Crippen LogP contribution < -0.4 is 5.32 Å². The molecule has 5 aromatic rings. The Kier molecular flexibility index (Phi) is 7.85. The molecule has 0 saturated carbocycles. The van der Waals surface area contributed by atoms with Gasteiger partial charge in [0.1, 0.15) is 0 Å². The first-order valence-electron chi connectivity index (χ1n) is 13.2. The molecule has 0 bridgehead atoms. The summed E-state index contributed by atoms with van der Waals surface area (Å²) in [4.78, 5) is 21.3. The van der Waals surface area contributed by atoms with Crippen molar-refractivity contribution in [1.82, 2.24) is 30.2 Å². The zero-order chi connectivity index (χ0) is 28.4. The third-order valence-electron chi connectivity index (χ3n) is 7.04. The number of benzene rings is 2. The molecule has 1 fully saturated rings. The minimum Gasteiger partial charge on any atom is -0.348 e. The van der Waals surface area contributed by atoms with Crippen molar-refractivity contribution in [3.8, 4) is 16.3 Å². The van der Waals surface area contributed by atoms with Gasteiger partial charge in [-0.3, -0.25) is 9.69 Å². The molecule has 0 atom stereocenters. The fourth-order valence-corrected chi connectivity index (χ4v) is 7.28. The second-order valence-electron chi connectivity index (χ2n) is 9.92. The van der Waals surface area contributed by atoms with Crippen LogP contribution in [-0.2, 0) is 22.9 Å². The van der Waals surface area contributed by atoms with Gasteiger partial charge in [-0.25, -0.2) is 18.1 Å². The largest absolute Gasteiger partial charge is 0.348 e. The molecule has 4 heterocycles. The van der Waals surface area contributed by atoms with E-state index in [9.17, 15) is 13.2 Å². The van der Waals surface area contributed by atoms with Crippen molar-refractivity contribution < 1.29 is 13.2 Å². The number of amides is 1. The number of rotatable bonds is 7. The number of thiophene rings is 1.